The number of hydrogen-bond donors (Lipinski definition) is 4. The Kier molecular flexibility index (Phi) is 2.63. The van der Waals surface area contributed by atoms with Gasteiger partial charge in [0, 0.05) is 0 Å². The Balaban J connectivity index is 2.66. The molecule has 4 atom stereocenters. The summed E-state index contributed by atoms with van der Waals surface area (Å²) in [6.45, 7) is -0.387. The number of ether oxygens (including phenoxy) is 1. The number of carboxylic acid groups (broad SMARTS) is 1. The average molecular weight is 177 g/mol. The molecule has 1 rings (SSSR count). The summed E-state index contributed by atoms with van der Waals surface area (Å²) in [6, 6.07) is -0.837. The van der Waals surface area contributed by atoms with Crippen LogP contribution >= 0.6 is 0 Å². The van der Waals surface area contributed by atoms with Gasteiger partial charge in [0.05, 0.1) is 18.8 Å². The zero-order valence-electron chi connectivity index (χ0n) is 6.25. The van der Waals surface area contributed by atoms with Crippen LogP contribution in [0, 0.1) is 0 Å². The van der Waals surface area contributed by atoms with Gasteiger partial charge in [0.25, 0.3) is 0 Å². The zero-order valence-corrected chi connectivity index (χ0v) is 6.25. The highest BCUT2D eigenvalue weighted by Crippen LogP contribution is 2.19. The van der Waals surface area contributed by atoms with Gasteiger partial charge in [-0.1, -0.05) is 0 Å². The lowest BCUT2D eigenvalue weighted by Crippen LogP contribution is -2.43. The minimum Gasteiger partial charge on any atom is -0.479 e. The molecule has 1 heterocycles. The fourth-order valence-electron chi connectivity index (χ4n) is 1.15. The monoisotopic (exact) mass is 177 g/mol. The summed E-state index contributed by atoms with van der Waals surface area (Å²) < 4.78 is 4.77. The molecule has 0 aromatic heterocycles. The van der Waals surface area contributed by atoms with Gasteiger partial charge in [0.2, 0.25) is 0 Å². The van der Waals surface area contributed by atoms with E-state index in [1.54, 1.807) is 0 Å². The van der Waals surface area contributed by atoms with Crippen LogP contribution in [0.25, 0.3) is 0 Å². The van der Waals surface area contributed by atoms with E-state index in [1.807, 2.05) is 0 Å². The fraction of sp³-hybridized carbons (Fsp3) is 0.833. The SMILES string of the molecule is N[C@H]1[C@H](O)[C@@H](C(=O)O)O[C@@H]1CO. The summed E-state index contributed by atoms with van der Waals surface area (Å²) in [7, 11) is 0. The number of aliphatic hydroxyl groups excluding tert-OH is 2. The summed E-state index contributed by atoms with van der Waals surface area (Å²) in [4.78, 5) is 10.4. The van der Waals surface area contributed by atoms with Gasteiger partial charge in [-0.15, -0.1) is 0 Å². The maximum Gasteiger partial charge on any atom is 0.335 e. The number of nitrogens with two attached hydrogens (primary N) is 1. The maximum absolute atomic E-state index is 10.4. The molecular weight excluding hydrogens is 166 g/mol. The van der Waals surface area contributed by atoms with Crippen LogP contribution in [0.1, 0.15) is 0 Å². The number of rotatable bonds is 2. The Morgan fingerprint density at radius 2 is 2.17 bits per heavy atom. The second-order valence-corrected chi connectivity index (χ2v) is 2.68. The number of hydrogen-bond acceptors (Lipinski definition) is 5. The van der Waals surface area contributed by atoms with Crippen molar-refractivity contribution in [3.05, 3.63) is 0 Å². The molecule has 70 valence electrons. The van der Waals surface area contributed by atoms with Gasteiger partial charge < -0.3 is 25.8 Å². The van der Waals surface area contributed by atoms with E-state index in [1.165, 1.54) is 0 Å². The third kappa shape index (κ3) is 1.42. The largest absolute Gasteiger partial charge is 0.479 e. The molecule has 0 saturated carbocycles. The first-order valence-corrected chi connectivity index (χ1v) is 3.50. The Hall–Kier alpha value is -0.690. The average Bonchev–Trinajstić information content (AvgIpc) is 2.30. The van der Waals surface area contributed by atoms with Gasteiger partial charge in [0.1, 0.15) is 6.10 Å². The Morgan fingerprint density at radius 3 is 2.42 bits per heavy atom. The van der Waals surface area contributed by atoms with E-state index in [0.717, 1.165) is 0 Å². The second-order valence-electron chi connectivity index (χ2n) is 2.68. The maximum atomic E-state index is 10.4. The van der Waals surface area contributed by atoms with E-state index in [-0.39, 0.29) is 6.61 Å². The normalized spacial score (nSPS) is 41.6. The number of aliphatic hydroxyl groups is 2. The molecule has 1 saturated heterocycles. The van der Waals surface area contributed by atoms with Gasteiger partial charge in [-0.3, -0.25) is 0 Å². The molecule has 0 amide bonds. The molecule has 0 unspecified atom stereocenters. The van der Waals surface area contributed by atoms with Crippen LogP contribution in [0.5, 0.6) is 0 Å². The van der Waals surface area contributed by atoms with Crippen molar-refractivity contribution in [3.63, 3.8) is 0 Å². The lowest BCUT2D eigenvalue weighted by Gasteiger charge is -2.11. The van der Waals surface area contributed by atoms with Gasteiger partial charge in [-0.25, -0.2) is 4.79 Å². The molecule has 0 radical (unpaired) electrons. The Morgan fingerprint density at radius 1 is 1.58 bits per heavy atom. The summed E-state index contributed by atoms with van der Waals surface area (Å²) in [5, 5.41) is 26.3. The zero-order chi connectivity index (χ0) is 9.30. The lowest BCUT2D eigenvalue weighted by atomic mass is 10.1. The number of carbonyl (C=O) groups is 1. The van der Waals surface area contributed by atoms with Crippen molar-refractivity contribution in [1.82, 2.24) is 0 Å². The fourth-order valence-corrected chi connectivity index (χ4v) is 1.15. The highest BCUT2D eigenvalue weighted by molar-refractivity contribution is 5.73. The molecule has 6 heteroatoms. The molecule has 0 bridgehead atoms. The molecule has 12 heavy (non-hydrogen) atoms. The van der Waals surface area contributed by atoms with E-state index in [4.69, 9.17) is 20.7 Å². The molecule has 0 spiro atoms. The molecule has 0 aromatic carbocycles. The van der Waals surface area contributed by atoms with Crippen molar-refractivity contribution >= 4 is 5.97 Å². The van der Waals surface area contributed by atoms with Gasteiger partial charge in [-0.2, -0.15) is 0 Å². The summed E-state index contributed by atoms with van der Waals surface area (Å²) in [5.41, 5.74) is 5.36. The highest BCUT2D eigenvalue weighted by atomic mass is 16.6. The summed E-state index contributed by atoms with van der Waals surface area (Å²) in [6.07, 6.45) is -3.36. The van der Waals surface area contributed by atoms with Crippen LogP contribution in [-0.2, 0) is 9.53 Å². The molecule has 0 aliphatic carbocycles. The molecule has 1 fully saturated rings. The predicted octanol–water partition coefficient (Wildman–Crippen LogP) is -2.48. The third-order valence-electron chi connectivity index (χ3n) is 1.88. The molecule has 0 aromatic rings. The van der Waals surface area contributed by atoms with Crippen molar-refractivity contribution in [3.8, 4) is 0 Å². The van der Waals surface area contributed by atoms with E-state index in [2.05, 4.69) is 0 Å². The van der Waals surface area contributed by atoms with E-state index in [0.29, 0.717) is 0 Å². The first kappa shape index (κ1) is 9.40. The second kappa shape index (κ2) is 3.36. The molecule has 1 aliphatic rings. The van der Waals surface area contributed by atoms with Crippen LogP contribution in [-0.4, -0.2) is 52.2 Å². The van der Waals surface area contributed by atoms with Crippen molar-refractivity contribution in [2.45, 2.75) is 24.4 Å². The van der Waals surface area contributed by atoms with Crippen LogP contribution < -0.4 is 5.73 Å². The molecular formula is C6H11NO5. The van der Waals surface area contributed by atoms with Crippen molar-refractivity contribution < 1.29 is 24.9 Å². The van der Waals surface area contributed by atoms with Crippen molar-refractivity contribution in [1.29, 1.82) is 0 Å². The quantitative estimate of drug-likeness (QED) is 0.371. The lowest BCUT2D eigenvalue weighted by molar-refractivity contribution is -0.153. The standard InChI is InChI=1S/C6H11NO5/c7-3-2(1-8)12-5(4(3)9)6(10)11/h2-5,8-9H,1,7H2,(H,10,11)/t2-,3-,4+,5+/m1/s1. The van der Waals surface area contributed by atoms with Crippen molar-refractivity contribution in [2.75, 3.05) is 6.61 Å². The van der Waals surface area contributed by atoms with Crippen molar-refractivity contribution in [2.24, 2.45) is 5.73 Å². The number of carboxylic acids is 1. The van der Waals surface area contributed by atoms with E-state index in [9.17, 15) is 9.90 Å². The third-order valence-corrected chi connectivity index (χ3v) is 1.88. The minimum absolute atomic E-state index is 0.387. The summed E-state index contributed by atoms with van der Waals surface area (Å²) >= 11 is 0. The van der Waals surface area contributed by atoms with Crippen LogP contribution in [0.2, 0.25) is 0 Å². The molecule has 1 aliphatic heterocycles. The van der Waals surface area contributed by atoms with E-state index >= 15 is 0 Å². The van der Waals surface area contributed by atoms with Crippen LogP contribution in [0.15, 0.2) is 0 Å². The van der Waals surface area contributed by atoms with Crippen LogP contribution in [0.4, 0.5) is 0 Å². The van der Waals surface area contributed by atoms with E-state index < -0.39 is 30.3 Å². The first-order chi connectivity index (χ1) is 5.57. The van der Waals surface area contributed by atoms with Gasteiger partial charge in [-0.05, 0) is 0 Å². The Bertz CT molecular complexity index is 185. The molecule has 5 N–H and O–H groups in total. The minimum atomic E-state index is -1.32. The topological polar surface area (TPSA) is 113 Å². The predicted molar refractivity (Wildman–Crippen MR) is 37.4 cm³/mol. The van der Waals surface area contributed by atoms with Gasteiger partial charge >= 0.3 is 5.97 Å². The first-order valence-electron chi connectivity index (χ1n) is 3.50. The number of aliphatic carboxylic acids is 1. The summed E-state index contributed by atoms with van der Waals surface area (Å²) in [5.74, 6) is -1.27. The van der Waals surface area contributed by atoms with Crippen LogP contribution in [0.3, 0.4) is 0 Å². The smallest absolute Gasteiger partial charge is 0.335 e. The Labute approximate surface area is 68.6 Å². The highest BCUT2D eigenvalue weighted by Gasteiger charge is 2.44. The van der Waals surface area contributed by atoms with Gasteiger partial charge in [0.15, 0.2) is 6.10 Å². The molecule has 6 nitrogen and oxygen atoms in total.